The Morgan fingerprint density at radius 2 is 2.12 bits per heavy atom. The number of hydrogen-bond donors (Lipinski definition) is 1. The molecule has 0 bridgehead atoms. The van der Waals surface area contributed by atoms with Crippen LogP contribution in [0.4, 0.5) is 10.9 Å². The lowest BCUT2D eigenvalue weighted by molar-refractivity contribution is 0.968. The summed E-state index contributed by atoms with van der Waals surface area (Å²) in [6, 6.07) is 1.88. The van der Waals surface area contributed by atoms with Gasteiger partial charge in [-0.2, -0.15) is 0 Å². The van der Waals surface area contributed by atoms with E-state index in [4.69, 9.17) is 0 Å². The third-order valence-corrected chi connectivity index (χ3v) is 3.94. The molecule has 0 aliphatic heterocycles. The van der Waals surface area contributed by atoms with E-state index in [9.17, 15) is 0 Å². The lowest BCUT2D eigenvalue weighted by atomic mass is 10.6. The van der Waals surface area contributed by atoms with E-state index in [2.05, 4.69) is 25.5 Å². The highest BCUT2D eigenvalue weighted by molar-refractivity contribution is 8.01. The molecule has 0 saturated heterocycles. The van der Waals surface area contributed by atoms with Gasteiger partial charge >= 0.3 is 0 Å². The minimum Gasteiger partial charge on any atom is -0.373 e. The molecule has 17 heavy (non-hydrogen) atoms. The van der Waals surface area contributed by atoms with Gasteiger partial charge in [-0.25, -0.2) is 9.97 Å². The summed E-state index contributed by atoms with van der Waals surface area (Å²) in [5.74, 6) is 0.792. The molecule has 2 aromatic heterocycles. The van der Waals surface area contributed by atoms with Gasteiger partial charge in [0, 0.05) is 27.2 Å². The van der Waals surface area contributed by atoms with Crippen LogP contribution in [0.3, 0.4) is 0 Å². The summed E-state index contributed by atoms with van der Waals surface area (Å²) in [5.41, 5.74) is 0. The Hall–Kier alpha value is -1.41. The topological polar surface area (TPSA) is 66.8 Å². The Bertz CT molecular complexity index is 498. The first-order valence-electron chi connectivity index (χ1n) is 4.87. The fourth-order valence-corrected chi connectivity index (χ4v) is 2.73. The first-order valence-corrected chi connectivity index (χ1v) is 6.51. The minimum absolute atomic E-state index is 0.792. The van der Waals surface area contributed by atoms with Crippen molar-refractivity contribution in [3.05, 3.63) is 12.4 Å². The summed E-state index contributed by atoms with van der Waals surface area (Å²) < 4.78 is 0.870. The van der Waals surface area contributed by atoms with Crippen LogP contribution >= 0.6 is 23.1 Å². The minimum atomic E-state index is 0.792. The normalized spacial score (nSPS) is 10.3. The van der Waals surface area contributed by atoms with E-state index in [1.807, 2.05) is 32.1 Å². The van der Waals surface area contributed by atoms with Crippen molar-refractivity contribution in [1.29, 1.82) is 0 Å². The van der Waals surface area contributed by atoms with Crippen molar-refractivity contribution in [3.8, 4) is 0 Å². The van der Waals surface area contributed by atoms with Crippen molar-refractivity contribution < 1.29 is 0 Å². The fraction of sp³-hybridized carbons (Fsp3) is 0.333. The van der Waals surface area contributed by atoms with Crippen molar-refractivity contribution in [1.82, 2.24) is 20.2 Å². The van der Waals surface area contributed by atoms with Gasteiger partial charge in [0.05, 0.1) is 0 Å². The van der Waals surface area contributed by atoms with E-state index >= 15 is 0 Å². The number of nitrogens with zero attached hydrogens (tertiary/aromatic N) is 5. The molecule has 0 aliphatic carbocycles. The van der Waals surface area contributed by atoms with Crippen LogP contribution in [-0.2, 0) is 0 Å². The maximum absolute atomic E-state index is 4.17. The average Bonchev–Trinajstić information content (AvgIpc) is 2.78. The predicted molar refractivity (Wildman–Crippen MR) is 69.9 cm³/mol. The van der Waals surface area contributed by atoms with Crippen molar-refractivity contribution in [2.24, 2.45) is 0 Å². The number of rotatable bonds is 4. The molecule has 0 saturated carbocycles. The Morgan fingerprint density at radius 3 is 2.76 bits per heavy atom. The highest BCUT2D eigenvalue weighted by Gasteiger charge is 2.08. The Kier molecular flexibility index (Phi) is 3.75. The molecule has 0 spiro atoms. The molecular formula is C9H12N6S2. The van der Waals surface area contributed by atoms with Crippen LogP contribution in [0.5, 0.6) is 0 Å². The number of nitrogens with one attached hydrogen (secondary N) is 1. The second-order valence-electron chi connectivity index (χ2n) is 3.34. The highest BCUT2D eigenvalue weighted by Crippen LogP contribution is 2.31. The zero-order valence-electron chi connectivity index (χ0n) is 9.71. The smallest absolute Gasteiger partial charge is 0.208 e. The van der Waals surface area contributed by atoms with Crippen molar-refractivity contribution >= 4 is 34.0 Å². The third-order valence-electron chi connectivity index (χ3n) is 1.87. The Balaban J connectivity index is 2.13. The molecule has 2 heterocycles. The molecule has 0 unspecified atom stereocenters. The number of aromatic nitrogens is 4. The van der Waals surface area contributed by atoms with Gasteiger partial charge in [-0.3, -0.25) is 0 Å². The van der Waals surface area contributed by atoms with Gasteiger partial charge in [0.25, 0.3) is 0 Å². The summed E-state index contributed by atoms with van der Waals surface area (Å²) >= 11 is 3.02. The molecule has 0 aliphatic rings. The molecule has 90 valence electrons. The molecule has 0 fully saturated rings. The first-order chi connectivity index (χ1) is 8.19. The molecule has 0 atom stereocenters. The summed E-state index contributed by atoms with van der Waals surface area (Å²) in [5, 5.41) is 12.9. The standard InChI is InChI=1S/C9H12N6S2/c1-10-6-4-7(12-5-11-6)16-9-14-13-8(17-9)15(2)3/h4-5H,1-3H3,(H,10,11,12). The molecular weight excluding hydrogens is 256 g/mol. The van der Waals surface area contributed by atoms with Gasteiger partial charge in [0.15, 0.2) is 4.34 Å². The van der Waals surface area contributed by atoms with E-state index in [-0.39, 0.29) is 0 Å². The molecule has 8 heteroatoms. The maximum Gasteiger partial charge on any atom is 0.208 e. The summed E-state index contributed by atoms with van der Waals surface area (Å²) in [7, 11) is 5.71. The van der Waals surface area contributed by atoms with Gasteiger partial charge in [-0.1, -0.05) is 11.3 Å². The Morgan fingerprint density at radius 1 is 1.29 bits per heavy atom. The highest BCUT2D eigenvalue weighted by atomic mass is 32.2. The zero-order chi connectivity index (χ0) is 12.3. The summed E-state index contributed by atoms with van der Waals surface area (Å²) in [6.45, 7) is 0. The van der Waals surface area contributed by atoms with Crippen molar-refractivity contribution in [2.45, 2.75) is 9.37 Å². The lowest BCUT2D eigenvalue weighted by Gasteiger charge is -2.03. The molecule has 6 nitrogen and oxygen atoms in total. The van der Waals surface area contributed by atoms with Crippen LogP contribution < -0.4 is 10.2 Å². The predicted octanol–water partition coefficient (Wildman–Crippen LogP) is 1.59. The monoisotopic (exact) mass is 268 g/mol. The average molecular weight is 268 g/mol. The van der Waals surface area contributed by atoms with Crippen LogP contribution in [0.25, 0.3) is 0 Å². The SMILES string of the molecule is CNc1cc(Sc2nnc(N(C)C)s2)ncn1. The van der Waals surface area contributed by atoms with E-state index in [0.717, 1.165) is 20.3 Å². The van der Waals surface area contributed by atoms with E-state index < -0.39 is 0 Å². The zero-order valence-corrected chi connectivity index (χ0v) is 11.3. The largest absolute Gasteiger partial charge is 0.373 e. The number of anilines is 2. The van der Waals surface area contributed by atoms with E-state index in [0.29, 0.717) is 0 Å². The first kappa shape index (κ1) is 12.1. The van der Waals surface area contributed by atoms with Crippen LogP contribution in [-0.4, -0.2) is 41.3 Å². The maximum atomic E-state index is 4.17. The van der Waals surface area contributed by atoms with Crippen molar-refractivity contribution in [2.75, 3.05) is 31.4 Å². The summed E-state index contributed by atoms with van der Waals surface area (Å²) in [4.78, 5) is 10.2. The molecule has 0 aromatic carbocycles. The molecule has 0 radical (unpaired) electrons. The van der Waals surface area contributed by atoms with Gasteiger partial charge in [0.2, 0.25) is 5.13 Å². The lowest BCUT2D eigenvalue weighted by Crippen LogP contribution is -2.07. The Labute approximate surface area is 108 Å². The quantitative estimate of drug-likeness (QED) is 0.844. The molecule has 0 amide bonds. The molecule has 2 rings (SSSR count). The second-order valence-corrected chi connectivity index (χ2v) is 5.56. The van der Waals surface area contributed by atoms with E-state index in [1.54, 1.807) is 0 Å². The third kappa shape index (κ3) is 3.04. The van der Waals surface area contributed by atoms with Gasteiger partial charge in [-0.15, -0.1) is 10.2 Å². The van der Waals surface area contributed by atoms with Gasteiger partial charge in [-0.05, 0) is 11.8 Å². The molecule has 1 N–H and O–H groups in total. The number of hydrogen-bond acceptors (Lipinski definition) is 8. The molecule has 2 aromatic rings. The van der Waals surface area contributed by atoms with Crippen LogP contribution in [0.2, 0.25) is 0 Å². The van der Waals surface area contributed by atoms with Gasteiger partial charge in [0.1, 0.15) is 17.2 Å². The van der Waals surface area contributed by atoms with Crippen molar-refractivity contribution in [3.63, 3.8) is 0 Å². The van der Waals surface area contributed by atoms with Crippen LogP contribution in [0.1, 0.15) is 0 Å². The second kappa shape index (κ2) is 5.28. The van der Waals surface area contributed by atoms with Crippen LogP contribution in [0, 0.1) is 0 Å². The van der Waals surface area contributed by atoms with Gasteiger partial charge < -0.3 is 10.2 Å². The van der Waals surface area contributed by atoms with Crippen LogP contribution in [0.15, 0.2) is 21.8 Å². The van der Waals surface area contributed by atoms with E-state index in [1.165, 1.54) is 29.4 Å². The fourth-order valence-electron chi connectivity index (χ4n) is 1.05. The summed E-state index contributed by atoms with van der Waals surface area (Å²) in [6.07, 6.45) is 1.53.